The van der Waals surface area contributed by atoms with Crippen LogP contribution in [0, 0.1) is 5.41 Å². The second-order valence-electron chi connectivity index (χ2n) is 5.94. The number of carboxylic acids is 2. The summed E-state index contributed by atoms with van der Waals surface area (Å²) >= 11 is 0. The molecule has 0 bridgehead atoms. The number of carboxylic acid groups (broad SMARTS) is 2. The van der Waals surface area contributed by atoms with Crippen molar-refractivity contribution in [3.05, 3.63) is 0 Å². The molecule has 23 heavy (non-hydrogen) atoms. The van der Waals surface area contributed by atoms with Crippen molar-refractivity contribution in [2.75, 3.05) is 0 Å². The zero-order valence-electron chi connectivity index (χ0n) is 15.6. The molecule has 4 nitrogen and oxygen atoms in total. The van der Waals surface area contributed by atoms with Gasteiger partial charge in [0.25, 0.3) is 0 Å². The fourth-order valence-electron chi connectivity index (χ4n) is 2.67. The molecule has 0 aliphatic heterocycles. The third-order valence-corrected chi connectivity index (χ3v) is 4.34. The van der Waals surface area contributed by atoms with Crippen LogP contribution in [0.3, 0.4) is 0 Å². The van der Waals surface area contributed by atoms with Gasteiger partial charge in [0, 0.05) is 5.41 Å². The molecule has 0 aliphatic carbocycles. The monoisotopic (exact) mass is 376 g/mol. The summed E-state index contributed by atoms with van der Waals surface area (Å²) < 4.78 is 0. The summed E-state index contributed by atoms with van der Waals surface area (Å²) in [6.07, 6.45) is 11.4. The molecule has 0 N–H and O–H groups in total. The number of unbranched alkanes of at least 4 members (excludes halogenated alkanes) is 9. The number of hydrogen-bond acceptors (Lipinski definition) is 4. The van der Waals surface area contributed by atoms with Crippen molar-refractivity contribution < 1.29 is 123 Å². The van der Waals surface area contributed by atoms with E-state index in [9.17, 15) is 19.8 Å². The summed E-state index contributed by atoms with van der Waals surface area (Å²) in [5.41, 5.74) is -1.81. The molecule has 0 rings (SSSR count). The van der Waals surface area contributed by atoms with Gasteiger partial charge in [0.2, 0.25) is 0 Å². The van der Waals surface area contributed by atoms with Crippen molar-refractivity contribution in [1.29, 1.82) is 0 Å². The Kier molecular flexibility index (Phi) is 24.7. The minimum absolute atomic E-state index is 0. The largest absolute Gasteiger partial charge is 1.00 e. The van der Waals surface area contributed by atoms with Gasteiger partial charge in [0.05, 0.1) is 11.9 Å². The van der Waals surface area contributed by atoms with Crippen LogP contribution in [0.2, 0.25) is 0 Å². The molecule has 0 heterocycles. The molecule has 0 radical (unpaired) electrons. The van der Waals surface area contributed by atoms with E-state index in [2.05, 4.69) is 6.92 Å². The smallest absolute Gasteiger partial charge is 0.549 e. The van der Waals surface area contributed by atoms with Gasteiger partial charge >= 0.3 is 103 Å². The summed E-state index contributed by atoms with van der Waals surface area (Å²) in [4.78, 5) is 22.1. The second kappa shape index (κ2) is 19.0. The molecule has 0 fully saturated rings. The Morgan fingerprint density at radius 3 is 1.35 bits per heavy atom. The van der Waals surface area contributed by atoms with Crippen LogP contribution >= 0.6 is 0 Å². The van der Waals surface area contributed by atoms with E-state index in [0.29, 0.717) is 6.42 Å². The Morgan fingerprint density at radius 1 is 0.696 bits per heavy atom. The van der Waals surface area contributed by atoms with E-state index in [1.165, 1.54) is 38.5 Å². The van der Waals surface area contributed by atoms with Crippen LogP contribution < -0.4 is 113 Å². The molecule has 0 unspecified atom stereocenters. The van der Waals surface area contributed by atoms with E-state index in [1.807, 2.05) is 0 Å². The van der Waals surface area contributed by atoms with Gasteiger partial charge in [-0.2, -0.15) is 0 Å². The Hall–Kier alpha value is 2.21. The van der Waals surface area contributed by atoms with Gasteiger partial charge in [-0.3, -0.25) is 0 Å². The maximum atomic E-state index is 11.1. The van der Waals surface area contributed by atoms with Crippen molar-refractivity contribution in [2.45, 2.75) is 90.9 Å². The van der Waals surface area contributed by atoms with Crippen molar-refractivity contribution in [3.63, 3.8) is 0 Å². The minimum Gasteiger partial charge on any atom is -0.549 e. The molecule has 0 atom stereocenters. The van der Waals surface area contributed by atoms with Crippen LogP contribution in [0.1, 0.15) is 90.9 Å². The number of carbonyl (C=O) groups excluding carboxylic acids is 2. The third-order valence-electron chi connectivity index (χ3n) is 4.34. The first-order chi connectivity index (χ1) is 10.0. The average molecular weight is 377 g/mol. The van der Waals surface area contributed by atoms with Crippen LogP contribution in [-0.4, -0.2) is 11.9 Å². The normalized spacial score (nSPS) is 10.5. The van der Waals surface area contributed by atoms with Gasteiger partial charge in [-0.1, -0.05) is 78.1 Å². The van der Waals surface area contributed by atoms with Crippen LogP contribution in [0.15, 0.2) is 0 Å². The topological polar surface area (TPSA) is 80.3 Å². The molecule has 0 aromatic rings. The zero-order chi connectivity index (χ0) is 16.1. The van der Waals surface area contributed by atoms with Gasteiger partial charge in [0.1, 0.15) is 0 Å². The quantitative estimate of drug-likeness (QED) is 0.177. The molecule has 0 spiro atoms. The van der Waals surface area contributed by atoms with Crippen LogP contribution in [0.25, 0.3) is 0 Å². The van der Waals surface area contributed by atoms with Gasteiger partial charge in [0.15, 0.2) is 0 Å². The SMILES string of the molecule is CCCCCCCCCCCCC(CC)(C(=O)[O-])C(=O)[O-].[K+].[K+]. The van der Waals surface area contributed by atoms with Crippen molar-refractivity contribution in [3.8, 4) is 0 Å². The second-order valence-corrected chi connectivity index (χ2v) is 5.94. The van der Waals surface area contributed by atoms with Gasteiger partial charge in [-0.05, 0) is 12.8 Å². The first-order valence-electron chi connectivity index (χ1n) is 8.44. The summed E-state index contributed by atoms with van der Waals surface area (Å²) in [6.45, 7) is 3.76. The number of hydrogen-bond donors (Lipinski definition) is 0. The van der Waals surface area contributed by atoms with E-state index in [1.54, 1.807) is 6.92 Å². The Morgan fingerprint density at radius 2 is 1.04 bits per heavy atom. The molecule has 0 saturated carbocycles. The van der Waals surface area contributed by atoms with Crippen LogP contribution in [-0.2, 0) is 9.59 Å². The summed E-state index contributed by atoms with van der Waals surface area (Å²) in [6, 6.07) is 0. The first-order valence-corrected chi connectivity index (χ1v) is 8.44. The van der Waals surface area contributed by atoms with Crippen molar-refractivity contribution in [1.82, 2.24) is 0 Å². The van der Waals surface area contributed by atoms with E-state index in [-0.39, 0.29) is 116 Å². The van der Waals surface area contributed by atoms with E-state index in [0.717, 1.165) is 19.3 Å². The molecule has 0 aromatic heterocycles. The molecular formula is C17H30K2O4. The first kappa shape index (κ1) is 30.0. The third kappa shape index (κ3) is 13.1. The summed E-state index contributed by atoms with van der Waals surface area (Å²) in [7, 11) is 0. The zero-order valence-corrected chi connectivity index (χ0v) is 21.9. The predicted octanol–water partition coefficient (Wildman–Crippen LogP) is -3.80. The van der Waals surface area contributed by atoms with E-state index < -0.39 is 17.4 Å². The van der Waals surface area contributed by atoms with Gasteiger partial charge in [-0.15, -0.1) is 0 Å². The number of carbonyl (C=O) groups is 2. The van der Waals surface area contributed by atoms with Gasteiger partial charge in [-0.25, -0.2) is 0 Å². The predicted molar refractivity (Wildman–Crippen MR) is 79.2 cm³/mol. The molecule has 124 valence electrons. The average Bonchev–Trinajstić information content (AvgIpc) is 2.44. The van der Waals surface area contributed by atoms with Crippen LogP contribution in [0.5, 0.6) is 0 Å². The Labute approximate surface area is 226 Å². The maximum absolute atomic E-state index is 11.1. The minimum atomic E-state index is -1.81. The van der Waals surface area contributed by atoms with E-state index in [4.69, 9.17) is 0 Å². The number of rotatable bonds is 14. The fourth-order valence-corrected chi connectivity index (χ4v) is 2.67. The molecule has 0 aromatic carbocycles. The molecule has 0 amide bonds. The van der Waals surface area contributed by atoms with Gasteiger partial charge < -0.3 is 19.8 Å². The van der Waals surface area contributed by atoms with Crippen LogP contribution in [0.4, 0.5) is 0 Å². The fraction of sp³-hybridized carbons (Fsp3) is 0.882. The molecule has 0 aliphatic rings. The van der Waals surface area contributed by atoms with Crippen molar-refractivity contribution >= 4 is 11.9 Å². The molecular weight excluding hydrogens is 346 g/mol. The van der Waals surface area contributed by atoms with E-state index >= 15 is 0 Å². The summed E-state index contributed by atoms with van der Waals surface area (Å²) in [5.74, 6) is -3.03. The number of aliphatic carboxylic acids is 2. The molecule has 6 heteroatoms. The summed E-state index contributed by atoms with van der Waals surface area (Å²) in [5, 5.41) is 22.1. The van der Waals surface area contributed by atoms with Crippen molar-refractivity contribution in [2.24, 2.45) is 5.41 Å². The molecule has 0 saturated heterocycles. The Bertz CT molecular complexity index is 295. The Balaban J connectivity index is -0.00000200. The maximum Gasteiger partial charge on any atom is 1.00 e. The standard InChI is InChI=1S/C17H32O4.2K/c1-3-5-6-7-8-9-10-11-12-13-14-17(4-2,15(18)19)16(20)21;;/h3-14H2,1-2H3,(H,18,19)(H,20,21);;/q;2*+1/p-2.